The molecule has 0 unspecified atom stereocenters. The van der Waals surface area contributed by atoms with Crippen LogP contribution in [0.4, 0.5) is 0 Å². The summed E-state index contributed by atoms with van der Waals surface area (Å²) < 4.78 is 27.9. The van der Waals surface area contributed by atoms with E-state index in [4.69, 9.17) is 11.6 Å². The van der Waals surface area contributed by atoms with Crippen molar-refractivity contribution in [3.05, 3.63) is 46.4 Å². The number of nitrogens with zero attached hydrogens (tertiary/aromatic N) is 3. The van der Waals surface area contributed by atoms with Crippen molar-refractivity contribution < 1.29 is 8.42 Å². The van der Waals surface area contributed by atoms with Crippen LogP contribution in [0.1, 0.15) is 24.0 Å². The maximum absolute atomic E-state index is 13.2. The second-order valence-electron chi connectivity index (χ2n) is 5.46. The number of rotatable bonds is 3. The molecule has 0 spiro atoms. The normalized spacial score (nSPS) is 12.0. The Kier molecular flexibility index (Phi) is 4.36. The van der Waals surface area contributed by atoms with E-state index in [1.54, 1.807) is 23.6 Å². The first-order valence-electron chi connectivity index (χ1n) is 7.35. The Hall–Kier alpha value is -1.57. The topological polar surface area (TPSA) is 64.3 Å². The Labute approximate surface area is 151 Å². The van der Waals surface area contributed by atoms with Gasteiger partial charge in [0.15, 0.2) is 5.65 Å². The summed E-state index contributed by atoms with van der Waals surface area (Å²) in [5.41, 5.74) is 2.21. The van der Waals surface area contributed by atoms with Gasteiger partial charge in [0, 0.05) is 9.92 Å². The summed E-state index contributed by atoms with van der Waals surface area (Å²) in [5.74, 6) is 0. The maximum atomic E-state index is 13.2. The first-order chi connectivity index (χ1) is 11.3. The number of hydrogen-bond acceptors (Lipinski definition) is 5. The standard InChI is InChI=1S/C16H16ClN3O2S2/c1-4-13-15(24(21,22)12-7-5-6-11(17)8-12)16-18-9(2)14(23)10(3)20(16)19-13/h5-8,23H,4H2,1-3H3. The van der Waals surface area contributed by atoms with Gasteiger partial charge in [-0.3, -0.25) is 0 Å². The quantitative estimate of drug-likeness (QED) is 0.703. The van der Waals surface area contributed by atoms with E-state index in [0.29, 0.717) is 33.4 Å². The molecule has 0 aliphatic rings. The summed E-state index contributed by atoms with van der Waals surface area (Å²) in [4.78, 5) is 5.39. The molecular formula is C16H16ClN3O2S2. The molecule has 0 aliphatic carbocycles. The van der Waals surface area contributed by atoms with Crippen molar-refractivity contribution in [3.63, 3.8) is 0 Å². The zero-order valence-electron chi connectivity index (χ0n) is 13.4. The second kappa shape index (κ2) is 6.06. The molecule has 0 atom stereocenters. The highest BCUT2D eigenvalue weighted by Gasteiger charge is 2.29. The molecule has 1 aromatic carbocycles. The fourth-order valence-corrected chi connectivity index (χ4v) is 4.65. The Morgan fingerprint density at radius 1 is 1.29 bits per heavy atom. The van der Waals surface area contributed by atoms with Gasteiger partial charge in [-0.15, -0.1) is 12.6 Å². The molecule has 0 saturated carbocycles. The Balaban J connectivity index is 2.41. The minimum atomic E-state index is -3.79. The van der Waals surface area contributed by atoms with E-state index in [-0.39, 0.29) is 9.79 Å². The Morgan fingerprint density at radius 2 is 2.00 bits per heavy atom. The maximum Gasteiger partial charge on any atom is 0.212 e. The summed E-state index contributed by atoms with van der Waals surface area (Å²) in [6.45, 7) is 5.50. The number of hydrogen-bond donors (Lipinski definition) is 1. The highest BCUT2D eigenvalue weighted by molar-refractivity contribution is 7.91. The molecule has 0 amide bonds. The van der Waals surface area contributed by atoms with Crippen LogP contribution in [0.2, 0.25) is 5.02 Å². The van der Waals surface area contributed by atoms with Gasteiger partial charge < -0.3 is 0 Å². The molecule has 0 aliphatic heterocycles. The van der Waals surface area contributed by atoms with Gasteiger partial charge in [0.1, 0.15) is 4.90 Å². The lowest BCUT2D eigenvalue weighted by atomic mass is 10.3. The third-order valence-electron chi connectivity index (χ3n) is 3.87. The van der Waals surface area contributed by atoms with E-state index in [1.807, 2.05) is 13.8 Å². The Morgan fingerprint density at radius 3 is 2.62 bits per heavy atom. The van der Waals surface area contributed by atoms with E-state index in [9.17, 15) is 8.42 Å². The van der Waals surface area contributed by atoms with Crippen LogP contribution in [-0.2, 0) is 16.3 Å². The molecule has 5 nitrogen and oxygen atoms in total. The number of benzene rings is 1. The van der Waals surface area contributed by atoms with Crippen molar-refractivity contribution in [3.8, 4) is 0 Å². The number of aromatic nitrogens is 3. The molecule has 3 rings (SSSR count). The third-order valence-corrected chi connectivity index (χ3v) is 6.59. The van der Waals surface area contributed by atoms with E-state index < -0.39 is 9.84 Å². The molecule has 2 heterocycles. The predicted octanol–water partition coefficient (Wildman–Crippen LogP) is 3.68. The largest absolute Gasteiger partial charge is 0.231 e. The summed E-state index contributed by atoms with van der Waals surface area (Å²) in [6.07, 6.45) is 0.471. The van der Waals surface area contributed by atoms with Crippen LogP contribution >= 0.6 is 24.2 Å². The van der Waals surface area contributed by atoms with Crippen molar-refractivity contribution in [2.75, 3.05) is 0 Å². The zero-order chi connectivity index (χ0) is 17.6. The third kappa shape index (κ3) is 2.60. The van der Waals surface area contributed by atoms with Gasteiger partial charge in [-0.05, 0) is 38.5 Å². The van der Waals surface area contributed by atoms with Crippen LogP contribution in [0.15, 0.2) is 39.0 Å². The monoisotopic (exact) mass is 381 g/mol. The van der Waals surface area contributed by atoms with Gasteiger partial charge in [0.05, 0.1) is 22.0 Å². The first kappa shape index (κ1) is 17.3. The minimum absolute atomic E-state index is 0.131. The first-order valence-corrected chi connectivity index (χ1v) is 9.66. The van der Waals surface area contributed by atoms with Crippen LogP contribution in [0.3, 0.4) is 0 Å². The fourth-order valence-electron chi connectivity index (χ4n) is 2.60. The molecule has 8 heteroatoms. The van der Waals surface area contributed by atoms with E-state index >= 15 is 0 Å². The molecule has 0 saturated heterocycles. The molecule has 24 heavy (non-hydrogen) atoms. The highest BCUT2D eigenvalue weighted by atomic mass is 35.5. The second-order valence-corrected chi connectivity index (χ2v) is 8.23. The van der Waals surface area contributed by atoms with Gasteiger partial charge in [0.25, 0.3) is 0 Å². The number of thiol groups is 1. The van der Waals surface area contributed by atoms with Gasteiger partial charge in [-0.25, -0.2) is 17.9 Å². The molecule has 0 N–H and O–H groups in total. The number of sulfone groups is 1. The van der Waals surface area contributed by atoms with Gasteiger partial charge in [-0.2, -0.15) is 5.10 Å². The van der Waals surface area contributed by atoms with E-state index in [2.05, 4.69) is 22.7 Å². The predicted molar refractivity (Wildman–Crippen MR) is 96.0 cm³/mol. The number of halogens is 1. The zero-order valence-corrected chi connectivity index (χ0v) is 15.9. The molecule has 0 radical (unpaired) electrons. The van der Waals surface area contributed by atoms with Crippen LogP contribution < -0.4 is 0 Å². The van der Waals surface area contributed by atoms with Crippen molar-refractivity contribution in [2.24, 2.45) is 0 Å². The van der Waals surface area contributed by atoms with Crippen LogP contribution in [0.25, 0.3) is 5.65 Å². The number of aryl methyl sites for hydroxylation is 3. The van der Waals surface area contributed by atoms with Crippen molar-refractivity contribution in [1.29, 1.82) is 0 Å². The average molecular weight is 382 g/mol. The number of fused-ring (bicyclic) bond motifs is 1. The van der Waals surface area contributed by atoms with Crippen molar-refractivity contribution >= 4 is 39.7 Å². The molecule has 0 fully saturated rings. The smallest absolute Gasteiger partial charge is 0.212 e. The average Bonchev–Trinajstić information content (AvgIpc) is 2.92. The Bertz CT molecular complexity index is 1060. The highest BCUT2D eigenvalue weighted by Crippen LogP contribution is 2.31. The fraction of sp³-hybridized carbons (Fsp3) is 0.250. The molecule has 3 aromatic rings. The van der Waals surface area contributed by atoms with E-state index in [1.165, 1.54) is 12.1 Å². The lowest BCUT2D eigenvalue weighted by Gasteiger charge is -2.08. The molecule has 126 valence electrons. The van der Waals surface area contributed by atoms with Gasteiger partial charge in [-0.1, -0.05) is 24.6 Å². The van der Waals surface area contributed by atoms with Gasteiger partial charge in [0.2, 0.25) is 9.84 Å². The lowest BCUT2D eigenvalue weighted by Crippen LogP contribution is -2.06. The van der Waals surface area contributed by atoms with E-state index in [0.717, 1.165) is 5.69 Å². The van der Waals surface area contributed by atoms with Gasteiger partial charge >= 0.3 is 0 Å². The lowest BCUT2D eigenvalue weighted by molar-refractivity contribution is 0.595. The summed E-state index contributed by atoms with van der Waals surface area (Å²) in [7, 11) is -3.79. The molecule has 0 bridgehead atoms. The van der Waals surface area contributed by atoms with Crippen LogP contribution in [0.5, 0.6) is 0 Å². The molecular weight excluding hydrogens is 366 g/mol. The van der Waals surface area contributed by atoms with Crippen molar-refractivity contribution in [1.82, 2.24) is 14.6 Å². The van der Waals surface area contributed by atoms with Crippen molar-refractivity contribution in [2.45, 2.75) is 41.9 Å². The van der Waals surface area contributed by atoms with Crippen LogP contribution in [-0.4, -0.2) is 23.0 Å². The van der Waals surface area contributed by atoms with Crippen LogP contribution in [0, 0.1) is 13.8 Å². The summed E-state index contributed by atoms with van der Waals surface area (Å²) in [6, 6.07) is 6.21. The summed E-state index contributed by atoms with van der Waals surface area (Å²) in [5, 5.41) is 4.80. The summed E-state index contributed by atoms with van der Waals surface area (Å²) >= 11 is 10.4. The minimum Gasteiger partial charge on any atom is -0.231 e. The molecule has 2 aromatic heterocycles. The SMILES string of the molecule is CCc1nn2c(C)c(S)c(C)nc2c1S(=O)(=O)c1cccc(Cl)c1.